The summed E-state index contributed by atoms with van der Waals surface area (Å²) in [6, 6.07) is 13.9. The lowest BCUT2D eigenvalue weighted by Crippen LogP contribution is -2.28. The highest BCUT2D eigenvalue weighted by Crippen LogP contribution is 2.34. The number of carbonyl (C=O) groups is 1. The molecule has 4 heteroatoms. The first kappa shape index (κ1) is 15.1. The molecule has 1 fully saturated rings. The van der Waals surface area contributed by atoms with Crippen LogP contribution in [0.2, 0.25) is 0 Å². The molecule has 2 heterocycles. The van der Waals surface area contributed by atoms with Crippen LogP contribution in [0.1, 0.15) is 28.8 Å². The fourth-order valence-electron chi connectivity index (χ4n) is 3.68. The molecule has 1 saturated heterocycles. The number of amides is 1. The van der Waals surface area contributed by atoms with Crippen LogP contribution in [0.25, 0.3) is 0 Å². The van der Waals surface area contributed by atoms with Gasteiger partial charge in [-0.15, -0.1) is 0 Å². The Morgan fingerprint density at radius 3 is 2.67 bits per heavy atom. The van der Waals surface area contributed by atoms with Crippen LogP contribution in [-0.2, 0) is 6.42 Å². The van der Waals surface area contributed by atoms with Gasteiger partial charge in [0.05, 0.1) is 7.11 Å². The van der Waals surface area contributed by atoms with E-state index in [0.717, 1.165) is 31.7 Å². The molecule has 24 heavy (non-hydrogen) atoms. The summed E-state index contributed by atoms with van der Waals surface area (Å²) in [5, 5.41) is 0. The number of nitrogens with zero attached hydrogens (tertiary/aromatic N) is 2. The summed E-state index contributed by atoms with van der Waals surface area (Å²) < 4.78 is 5.23. The van der Waals surface area contributed by atoms with Crippen LogP contribution in [0.5, 0.6) is 5.75 Å². The van der Waals surface area contributed by atoms with Gasteiger partial charge in [-0.2, -0.15) is 0 Å². The molecule has 0 bridgehead atoms. The second kappa shape index (κ2) is 6.19. The summed E-state index contributed by atoms with van der Waals surface area (Å²) in [6.07, 6.45) is 3.47. The van der Waals surface area contributed by atoms with E-state index in [1.807, 2.05) is 23.1 Å². The molecule has 1 amide bonds. The quantitative estimate of drug-likeness (QED) is 0.867. The minimum atomic E-state index is 0.0431. The summed E-state index contributed by atoms with van der Waals surface area (Å²) in [4.78, 5) is 17.2. The Labute approximate surface area is 142 Å². The summed E-state index contributed by atoms with van der Waals surface area (Å²) in [7, 11) is 1.62. The molecule has 4 nitrogen and oxygen atoms in total. The number of ether oxygens (including phenoxy) is 1. The Kier molecular flexibility index (Phi) is 3.89. The molecular formula is C20H22N2O2. The third-order valence-electron chi connectivity index (χ3n) is 4.99. The lowest BCUT2D eigenvalue weighted by Gasteiger charge is -2.21. The molecule has 2 aliphatic heterocycles. The van der Waals surface area contributed by atoms with Crippen molar-refractivity contribution < 1.29 is 9.53 Å². The van der Waals surface area contributed by atoms with E-state index in [0.29, 0.717) is 11.3 Å². The Bertz CT molecular complexity index is 766. The molecule has 0 aliphatic carbocycles. The standard InChI is InChI=1S/C20H22N2O2/c1-24-18-6-4-5-16(14-18)20(23)22-12-9-15-13-17(7-8-19(15)22)21-10-2-3-11-21/h4-8,13-14H,2-3,9-12H2,1H3. The van der Waals surface area contributed by atoms with Gasteiger partial charge in [-0.3, -0.25) is 4.79 Å². The third kappa shape index (κ3) is 2.62. The molecule has 0 N–H and O–H groups in total. The van der Waals surface area contributed by atoms with Crippen molar-refractivity contribution in [2.45, 2.75) is 19.3 Å². The smallest absolute Gasteiger partial charge is 0.258 e. The minimum absolute atomic E-state index is 0.0431. The van der Waals surface area contributed by atoms with E-state index >= 15 is 0 Å². The normalized spacial score (nSPS) is 16.4. The molecule has 2 aromatic carbocycles. The average molecular weight is 322 g/mol. The topological polar surface area (TPSA) is 32.8 Å². The maximum Gasteiger partial charge on any atom is 0.258 e. The van der Waals surface area contributed by atoms with Crippen molar-refractivity contribution in [1.29, 1.82) is 0 Å². The van der Waals surface area contributed by atoms with Crippen LogP contribution in [-0.4, -0.2) is 32.7 Å². The van der Waals surface area contributed by atoms with E-state index in [2.05, 4.69) is 23.1 Å². The Hall–Kier alpha value is -2.49. The van der Waals surface area contributed by atoms with Crippen molar-refractivity contribution in [2.24, 2.45) is 0 Å². The van der Waals surface area contributed by atoms with Crippen LogP contribution in [0, 0.1) is 0 Å². The summed E-state index contributed by atoms with van der Waals surface area (Å²) in [5.41, 5.74) is 4.29. The number of fused-ring (bicyclic) bond motifs is 1. The molecule has 4 rings (SSSR count). The minimum Gasteiger partial charge on any atom is -0.497 e. The van der Waals surface area contributed by atoms with E-state index in [4.69, 9.17) is 4.74 Å². The Morgan fingerprint density at radius 1 is 1.04 bits per heavy atom. The van der Waals surface area contributed by atoms with Gasteiger partial charge in [-0.1, -0.05) is 6.07 Å². The zero-order valence-corrected chi connectivity index (χ0v) is 14.0. The van der Waals surface area contributed by atoms with Gasteiger partial charge in [0.25, 0.3) is 5.91 Å². The van der Waals surface area contributed by atoms with Gasteiger partial charge < -0.3 is 14.5 Å². The Balaban J connectivity index is 1.60. The number of methoxy groups -OCH3 is 1. The number of anilines is 2. The number of rotatable bonds is 3. The van der Waals surface area contributed by atoms with Crippen LogP contribution < -0.4 is 14.5 Å². The fourth-order valence-corrected chi connectivity index (χ4v) is 3.68. The third-order valence-corrected chi connectivity index (χ3v) is 4.99. The van der Waals surface area contributed by atoms with Crippen molar-refractivity contribution in [1.82, 2.24) is 0 Å². The Morgan fingerprint density at radius 2 is 1.88 bits per heavy atom. The number of hydrogen-bond acceptors (Lipinski definition) is 3. The maximum atomic E-state index is 12.9. The fraction of sp³-hybridized carbons (Fsp3) is 0.350. The molecule has 2 aromatic rings. The summed E-state index contributed by atoms with van der Waals surface area (Å²) >= 11 is 0. The van der Waals surface area contributed by atoms with E-state index < -0.39 is 0 Å². The number of benzene rings is 2. The first-order chi connectivity index (χ1) is 11.8. The molecule has 0 unspecified atom stereocenters. The summed E-state index contributed by atoms with van der Waals surface area (Å²) in [5.74, 6) is 0.756. The van der Waals surface area contributed by atoms with E-state index in [9.17, 15) is 4.79 Å². The molecule has 2 aliphatic rings. The number of hydrogen-bond donors (Lipinski definition) is 0. The van der Waals surface area contributed by atoms with Crippen molar-refractivity contribution in [3.05, 3.63) is 53.6 Å². The predicted molar refractivity (Wildman–Crippen MR) is 96.3 cm³/mol. The van der Waals surface area contributed by atoms with Crippen molar-refractivity contribution >= 4 is 17.3 Å². The van der Waals surface area contributed by atoms with Gasteiger partial charge in [0, 0.05) is 36.6 Å². The van der Waals surface area contributed by atoms with Crippen LogP contribution in [0.15, 0.2) is 42.5 Å². The first-order valence-corrected chi connectivity index (χ1v) is 8.60. The largest absolute Gasteiger partial charge is 0.497 e. The highest BCUT2D eigenvalue weighted by atomic mass is 16.5. The van der Waals surface area contributed by atoms with Crippen LogP contribution in [0.4, 0.5) is 11.4 Å². The number of carbonyl (C=O) groups excluding carboxylic acids is 1. The molecule has 0 aromatic heterocycles. The van der Waals surface area contributed by atoms with Crippen molar-refractivity contribution in [3.8, 4) is 5.75 Å². The molecule has 124 valence electrons. The van der Waals surface area contributed by atoms with Gasteiger partial charge in [0.1, 0.15) is 5.75 Å². The summed E-state index contributed by atoms with van der Waals surface area (Å²) in [6.45, 7) is 3.03. The lowest BCUT2D eigenvalue weighted by molar-refractivity contribution is 0.0989. The van der Waals surface area contributed by atoms with Gasteiger partial charge in [-0.25, -0.2) is 0 Å². The van der Waals surface area contributed by atoms with E-state index in [1.54, 1.807) is 13.2 Å². The predicted octanol–water partition coefficient (Wildman–Crippen LogP) is 3.50. The molecule has 0 atom stereocenters. The SMILES string of the molecule is COc1cccc(C(=O)N2CCc3cc(N4CCCC4)ccc32)c1. The highest BCUT2D eigenvalue weighted by molar-refractivity contribution is 6.07. The monoisotopic (exact) mass is 322 g/mol. The van der Waals surface area contributed by atoms with Gasteiger partial charge in [0.15, 0.2) is 0 Å². The second-order valence-corrected chi connectivity index (χ2v) is 6.45. The average Bonchev–Trinajstić information content (AvgIpc) is 3.30. The van der Waals surface area contributed by atoms with Crippen LogP contribution in [0.3, 0.4) is 0 Å². The van der Waals surface area contributed by atoms with Gasteiger partial charge in [0.2, 0.25) is 0 Å². The molecule has 0 saturated carbocycles. The molecule has 0 radical (unpaired) electrons. The van der Waals surface area contributed by atoms with Gasteiger partial charge >= 0.3 is 0 Å². The molecular weight excluding hydrogens is 300 g/mol. The van der Waals surface area contributed by atoms with E-state index in [-0.39, 0.29) is 5.91 Å². The first-order valence-electron chi connectivity index (χ1n) is 8.60. The van der Waals surface area contributed by atoms with E-state index in [1.165, 1.54) is 24.1 Å². The highest BCUT2D eigenvalue weighted by Gasteiger charge is 2.26. The van der Waals surface area contributed by atoms with Gasteiger partial charge in [-0.05, 0) is 61.2 Å². The molecule has 0 spiro atoms. The van der Waals surface area contributed by atoms with Crippen LogP contribution >= 0.6 is 0 Å². The van der Waals surface area contributed by atoms with Crippen molar-refractivity contribution in [3.63, 3.8) is 0 Å². The maximum absolute atomic E-state index is 12.9. The second-order valence-electron chi connectivity index (χ2n) is 6.45. The van der Waals surface area contributed by atoms with Crippen molar-refractivity contribution in [2.75, 3.05) is 36.5 Å². The zero-order valence-electron chi connectivity index (χ0n) is 14.0. The zero-order chi connectivity index (χ0) is 16.5. The lowest BCUT2D eigenvalue weighted by atomic mass is 10.1.